The molecule has 1 rings (SSSR count). The average Bonchev–Trinajstić information content (AvgIpc) is 2.60. The maximum atomic E-state index is 12.5. The third-order valence-corrected chi connectivity index (χ3v) is 7.56. The molecule has 0 spiro atoms. The predicted octanol–water partition coefficient (Wildman–Crippen LogP) is 4.87. The molecular weight excluding hydrogens is 371 g/mol. The molecule has 26 heavy (non-hydrogen) atoms. The van der Waals surface area contributed by atoms with Gasteiger partial charge in [-0.1, -0.05) is 32.0 Å². The number of carbonyl (C=O) groups excluding carboxylic acids is 2. The fraction of sp³-hybridized carbons (Fsp3) is 0.467. The first-order valence-electron chi connectivity index (χ1n) is 7.72. The van der Waals surface area contributed by atoms with E-state index in [1.807, 2.05) is 20.4 Å². The number of hydrogen-bond acceptors (Lipinski definition) is 5. The molecule has 142 valence electrons. The molecule has 1 aromatic rings. The zero-order valence-electron chi connectivity index (χ0n) is 14.4. The van der Waals surface area contributed by atoms with E-state index < -0.39 is 32.7 Å². The van der Waals surface area contributed by atoms with E-state index in [1.54, 1.807) is 0 Å². The van der Waals surface area contributed by atoms with Crippen molar-refractivity contribution in [3.8, 4) is 0 Å². The Morgan fingerprint density at radius 2 is 1.85 bits per heavy atom. The average molecular weight is 389 g/mol. The Balaban J connectivity index is 3.25. The molecule has 0 heterocycles. The zero-order chi connectivity index (χ0) is 20.0. The van der Waals surface area contributed by atoms with Gasteiger partial charge >= 0.3 is 18.1 Å². The van der Waals surface area contributed by atoms with E-state index in [0.717, 1.165) is 0 Å². The summed E-state index contributed by atoms with van der Waals surface area (Å²) in [5, 5.41) is 3.07. The fourth-order valence-electron chi connectivity index (χ4n) is 1.94. The number of alkyl halides is 3. The van der Waals surface area contributed by atoms with Crippen LogP contribution in [0.25, 0.3) is 10.4 Å². The molecule has 0 radical (unpaired) electrons. The lowest BCUT2D eigenvalue weighted by molar-refractivity contribution is -0.205. The first kappa shape index (κ1) is 21.5. The number of benzene rings is 1. The Kier molecular flexibility index (Phi) is 7.22. The second-order valence-electron chi connectivity index (χ2n) is 5.59. The van der Waals surface area contributed by atoms with Gasteiger partial charge in [-0.3, -0.25) is 0 Å². The van der Waals surface area contributed by atoms with Gasteiger partial charge in [-0.05, 0) is 35.3 Å². The summed E-state index contributed by atoms with van der Waals surface area (Å²) in [6.07, 6.45) is -7.22. The van der Waals surface area contributed by atoms with Gasteiger partial charge < -0.3 is 9.16 Å². The van der Waals surface area contributed by atoms with Gasteiger partial charge in [0.2, 0.25) is 6.23 Å². The molecule has 0 amide bonds. The van der Waals surface area contributed by atoms with Gasteiger partial charge in [0.05, 0.1) is 5.56 Å². The van der Waals surface area contributed by atoms with Crippen molar-refractivity contribution >= 4 is 20.3 Å². The highest BCUT2D eigenvalue weighted by atomic mass is 28.4. The van der Waals surface area contributed by atoms with E-state index in [9.17, 15) is 22.8 Å². The van der Waals surface area contributed by atoms with Crippen molar-refractivity contribution in [2.45, 2.75) is 44.9 Å². The van der Waals surface area contributed by atoms with E-state index in [1.165, 1.54) is 24.3 Å². The fourth-order valence-corrected chi connectivity index (χ4v) is 3.28. The third kappa shape index (κ3) is 5.50. The first-order valence-corrected chi connectivity index (χ1v) is 10.5. The number of halogens is 3. The van der Waals surface area contributed by atoms with Crippen molar-refractivity contribution in [3.63, 3.8) is 0 Å². The van der Waals surface area contributed by atoms with Crippen molar-refractivity contribution in [1.29, 1.82) is 0 Å². The second kappa shape index (κ2) is 8.72. The molecule has 11 heteroatoms. The third-order valence-electron chi connectivity index (χ3n) is 3.89. The van der Waals surface area contributed by atoms with Crippen LogP contribution in [0.5, 0.6) is 0 Å². The van der Waals surface area contributed by atoms with Crippen LogP contribution in [-0.2, 0) is 14.0 Å². The summed E-state index contributed by atoms with van der Waals surface area (Å²) in [6.45, 7) is 5.60. The van der Waals surface area contributed by atoms with Crippen molar-refractivity contribution in [2.75, 3.05) is 0 Å². The van der Waals surface area contributed by atoms with Crippen LogP contribution in [0.1, 0.15) is 36.0 Å². The molecular formula is C15H18F3N3O4Si. The summed E-state index contributed by atoms with van der Waals surface area (Å²) in [5.74, 6) is -3.29. The highest BCUT2D eigenvalue weighted by Gasteiger charge is 2.43. The molecule has 1 atom stereocenters. The number of azide groups is 1. The Hall–Kier alpha value is -2.52. The number of rotatable bonds is 7. The van der Waals surface area contributed by atoms with Crippen molar-refractivity contribution in [3.05, 3.63) is 45.8 Å². The van der Waals surface area contributed by atoms with Gasteiger partial charge in [0.25, 0.3) is 8.32 Å². The zero-order valence-corrected chi connectivity index (χ0v) is 15.4. The number of esters is 1. The lowest BCUT2D eigenvalue weighted by Crippen LogP contribution is -2.35. The topological polar surface area (TPSA) is 101 Å². The lowest BCUT2D eigenvalue weighted by Gasteiger charge is -2.25. The van der Waals surface area contributed by atoms with E-state index >= 15 is 0 Å². The maximum absolute atomic E-state index is 12.5. The van der Waals surface area contributed by atoms with Crippen LogP contribution in [0.2, 0.25) is 18.6 Å². The predicted molar refractivity (Wildman–Crippen MR) is 88.5 cm³/mol. The van der Waals surface area contributed by atoms with Crippen LogP contribution >= 0.6 is 0 Å². The standard InChI is InChI=1S/C15H18F3N3O4Si/c1-4-26(3,5-2)25-13(22)11-9-7-6-8-10(11)12(20-21-19)24-14(23)15(16,17)18/h6-9,12H,4-5H2,1-3H3. The first-order chi connectivity index (χ1) is 12.1. The molecule has 0 bridgehead atoms. The van der Waals surface area contributed by atoms with Crippen LogP contribution in [0.3, 0.4) is 0 Å². The molecule has 0 aliphatic heterocycles. The Morgan fingerprint density at radius 3 is 2.35 bits per heavy atom. The summed E-state index contributed by atoms with van der Waals surface area (Å²) in [6, 6.07) is 6.72. The normalized spacial score (nSPS) is 12.7. The minimum Gasteiger partial charge on any atom is -0.516 e. The maximum Gasteiger partial charge on any atom is 0.490 e. The van der Waals surface area contributed by atoms with Gasteiger partial charge in [-0.2, -0.15) is 13.2 Å². The van der Waals surface area contributed by atoms with Crippen LogP contribution in [0, 0.1) is 0 Å². The quantitative estimate of drug-likeness (QED) is 0.218. The Labute approximate surface area is 148 Å². The summed E-state index contributed by atoms with van der Waals surface area (Å²) >= 11 is 0. The van der Waals surface area contributed by atoms with Crippen molar-refractivity contribution in [1.82, 2.24) is 0 Å². The highest BCUT2D eigenvalue weighted by Crippen LogP contribution is 2.29. The number of ether oxygens (including phenoxy) is 1. The number of hydrogen-bond donors (Lipinski definition) is 0. The molecule has 0 saturated heterocycles. The van der Waals surface area contributed by atoms with Crippen molar-refractivity contribution in [2.24, 2.45) is 5.11 Å². The van der Waals surface area contributed by atoms with Crippen LogP contribution < -0.4 is 0 Å². The van der Waals surface area contributed by atoms with E-state index in [4.69, 9.17) is 9.96 Å². The minimum atomic E-state index is -5.27. The van der Waals surface area contributed by atoms with Gasteiger partial charge in [0.1, 0.15) is 0 Å². The van der Waals surface area contributed by atoms with E-state index in [0.29, 0.717) is 12.1 Å². The number of carbonyl (C=O) groups is 2. The summed E-state index contributed by atoms with van der Waals surface area (Å²) in [4.78, 5) is 26.0. The van der Waals surface area contributed by atoms with Gasteiger partial charge in [0.15, 0.2) is 0 Å². The minimum absolute atomic E-state index is 0.125. The lowest BCUT2D eigenvalue weighted by atomic mass is 10.1. The van der Waals surface area contributed by atoms with E-state index in [-0.39, 0.29) is 11.1 Å². The van der Waals surface area contributed by atoms with Crippen LogP contribution in [-0.4, -0.2) is 26.4 Å². The molecule has 0 N–H and O–H groups in total. The molecule has 0 aliphatic rings. The second-order valence-corrected chi connectivity index (χ2v) is 10.1. The van der Waals surface area contributed by atoms with Crippen LogP contribution in [0.4, 0.5) is 13.2 Å². The van der Waals surface area contributed by atoms with Crippen molar-refractivity contribution < 1.29 is 31.9 Å². The van der Waals surface area contributed by atoms with Crippen LogP contribution in [0.15, 0.2) is 29.4 Å². The van der Waals surface area contributed by atoms with Gasteiger partial charge in [0, 0.05) is 10.5 Å². The number of nitrogens with zero attached hydrogens (tertiary/aromatic N) is 3. The summed E-state index contributed by atoms with van der Waals surface area (Å²) in [5.41, 5.74) is 8.27. The molecule has 1 aromatic carbocycles. The molecule has 0 fully saturated rings. The monoisotopic (exact) mass is 389 g/mol. The Morgan fingerprint density at radius 1 is 1.27 bits per heavy atom. The molecule has 0 aromatic heterocycles. The SMILES string of the molecule is CC[Si](C)(CC)OC(=O)c1ccccc1C(N=[N+]=[N-])OC(=O)C(F)(F)F. The highest BCUT2D eigenvalue weighted by molar-refractivity contribution is 6.73. The smallest absolute Gasteiger partial charge is 0.490 e. The largest absolute Gasteiger partial charge is 0.516 e. The van der Waals surface area contributed by atoms with Gasteiger partial charge in [-0.25, -0.2) is 9.59 Å². The molecule has 0 aliphatic carbocycles. The molecule has 0 saturated carbocycles. The summed E-state index contributed by atoms with van der Waals surface area (Å²) in [7, 11) is -2.32. The van der Waals surface area contributed by atoms with Gasteiger partial charge in [-0.15, -0.1) is 0 Å². The Bertz CT molecular complexity index is 716. The summed E-state index contributed by atoms with van der Waals surface area (Å²) < 4.78 is 47.1. The molecule has 7 nitrogen and oxygen atoms in total. The van der Waals surface area contributed by atoms with E-state index in [2.05, 4.69) is 14.8 Å². The molecule has 1 unspecified atom stereocenters.